The van der Waals surface area contributed by atoms with E-state index in [2.05, 4.69) is 5.09 Å². The molecule has 4 rings (SSSR count). The fourth-order valence-electron chi connectivity index (χ4n) is 2.23. The molecule has 0 aromatic heterocycles. The second kappa shape index (κ2) is 3.32. The van der Waals surface area contributed by atoms with Gasteiger partial charge in [0.25, 0.3) is 0 Å². The molecular formula is C13H12NO4P. The molecule has 1 N–H and O–H groups in total. The van der Waals surface area contributed by atoms with Gasteiger partial charge in [-0.25, -0.2) is 0 Å². The first-order valence-electron chi connectivity index (χ1n) is 5.88. The normalized spacial score (nSPS) is 21.8. The number of hydrogen-bond acceptors (Lipinski definition) is 5. The molecule has 1 spiro atoms. The van der Waals surface area contributed by atoms with Crippen LogP contribution in [0.5, 0.6) is 17.2 Å². The van der Waals surface area contributed by atoms with Gasteiger partial charge in [0, 0.05) is 0 Å². The van der Waals surface area contributed by atoms with Gasteiger partial charge < -0.3 is 0 Å². The van der Waals surface area contributed by atoms with E-state index in [1.165, 1.54) is 7.11 Å². The number of nitrogens with one attached hydrogen (secondary N) is 1. The van der Waals surface area contributed by atoms with Crippen LogP contribution in [0.15, 0.2) is 48.5 Å². The Morgan fingerprint density at radius 2 is 1.37 bits per heavy atom. The monoisotopic (exact) mass is 277 g/mol. The maximum atomic E-state index is 5.93. The molecule has 5 nitrogen and oxygen atoms in total. The first-order chi connectivity index (χ1) is 9.22. The van der Waals surface area contributed by atoms with Crippen molar-refractivity contribution >= 4 is 13.3 Å². The summed E-state index contributed by atoms with van der Waals surface area (Å²) in [6.07, 6.45) is 0. The van der Waals surface area contributed by atoms with Crippen LogP contribution in [0, 0.1) is 0 Å². The summed E-state index contributed by atoms with van der Waals surface area (Å²) in [6, 6.07) is 14.9. The minimum atomic E-state index is -3.84. The van der Waals surface area contributed by atoms with Gasteiger partial charge in [-0.2, -0.15) is 0 Å². The van der Waals surface area contributed by atoms with E-state index < -0.39 is 7.66 Å². The van der Waals surface area contributed by atoms with Crippen molar-refractivity contribution < 1.29 is 18.1 Å². The van der Waals surface area contributed by atoms with Crippen molar-refractivity contribution in [2.24, 2.45) is 0 Å². The van der Waals surface area contributed by atoms with Crippen LogP contribution in [0.25, 0.3) is 0 Å². The van der Waals surface area contributed by atoms with Crippen molar-refractivity contribution in [1.82, 2.24) is 0 Å². The van der Waals surface area contributed by atoms with Gasteiger partial charge >= 0.3 is 109 Å². The molecule has 0 amide bonds. The SMILES string of the molecule is COP12(Nc3ccccc3O1)Oc1ccccc1O2. The van der Waals surface area contributed by atoms with Gasteiger partial charge in [0.1, 0.15) is 0 Å². The Hall–Kier alpha value is -1.97. The molecular weight excluding hydrogens is 265 g/mol. The summed E-state index contributed by atoms with van der Waals surface area (Å²) in [6.45, 7) is 0. The van der Waals surface area contributed by atoms with Crippen molar-refractivity contribution in [3.05, 3.63) is 48.5 Å². The molecule has 0 atom stereocenters. The standard InChI is InChI=1S/C13H12NO4P/c1-15-19(14-10-6-2-3-7-11(10)16-19)17-12-8-4-5-9-13(12)18-19/h2-9,14H,1H3. The molecule has 0 fully saturated rings. The van der Waals surface area contributed by atoms with Crippen LogP contribution in [0.4, 0.5) is 5.69 Å². The Bertz CT molecular complexity index is 562. The van der Waals surface area contributed by atoms with Crippen LogP contribution in [-0.4, -0.2) is 7.11 Å². The number of rotatable bonds is 1. The summed E-state index contributed by atoms with van der Waals surface area (Å²) in [7, 11) is -2.32. The Labute approximate surface area is 110 Å². The van der Waals surface area contributed by atoms with E-state index in [1.807, 2.05) is 48.5 Å². The van der Waals surface area contributed by atoms with E-state index >= 15 is 0 Å². The van der Waals surface area contributed by atoms with E-state index in [1.54, 1.807) is 0 Å². The molecule has 98 valence electrons. The second-order valence-corrected chi connectivity index (χ2v) is 7.08. The molecule has 6 heteroatoms. The fraction of sp³-hybridized carbons (Fsp3) is 0.0769. The summed E-state index contributed by atoms with van der Waals surface area (Å²) >= 11 is 0. The van der Waals surface area contributed by atoms with Gasteiger partial charge in [-0.1, -0.05) is 0 Å². The molecule has 0 unspecified atom stereocenters. The van der Waals surface area contributed by atoms with Gasteiger partial charge in [-0.05, 0) is 0 Å². The Morgan fingerprint density at radius 3 is 1.95 bits per heavy atom. The van der Waals surface area contributed by atoms with Crippen LogP contribution in [-0.2, 0) is 4.52 Å². The Balaban J connectivity index is 1.83. The molecule has 0 bridgehead atoms. The number of para-hydroxylation sites is 4. The van der Waals surface area contributed by atoms with Gasteiger partial charge in [0.2, 0.25) is 0 Å². The van der Waals surface area contributed by atoms with E-state index in [0.29, 0.717) is 17.2 Å². The third-order valence-corrected chi connectivity index (χ3v) is 5.89. The predicted molar refractivity (Wildman–Crippen MR) is 72.3 cm³/mol. The minimum absolute atomic E-state index is 0.613. The zero-order chi connectivity index (χ0) is 12.9. The molecule has 0 aliphatic carbocycles. The van der Waals surface area contributed by atoms with Crippen LogP contribution >= 0.6 is 7.66 Å². The zero-order valence-corrected chi connectivity index (χ0v) is 11.1. The molecule has 2 aromatic rings. The van der Waals surface area contributed by atoms with E-state index in [0.717, 1.165) is 5.69 Å². The first kappa shape index (κ1) is 10.9. The van der Waals surface area contributed by atoms with Gasteiger partial charge in [0.05, 0.1) is 0 Å². The summed E-state index contributed by atoms with van der Waals surface area (Å²) in [5, 5.41) is 3.16. The summed E-state index contributed by atoms with van der Waals surface area (Å²) in [5.74, 6) is 1.89. The third-order valence-electron chi connectivity index (χ3n) is 3.12. The molecule has 19 heavy (non-hydrogen) atoms. The van der Waals surface area contributed by atoms with Crippen LogP contribution in [0.3, 0.4) is 0 Å². The average molecular weight is 277 g/mol. The Kier molecular flexibility index (Phi) is 1.91. The molecule has 2 heterocycles. The van der Waals surface area contributed by atoms with Crippen LogP contribution < -0.4 is 18.7 Å². The van der Waals surface area contributed by atoms with Crippen molar-refractivity contribution in [2.75, 3.05) is 12.2 Å². The molecule has 0 saturated carbocycles. The van der Waals surface area contributed by atoms with Crippen LogP contribution in [0.1, 0.15) is 0 Å². The average Bonchev–Trinajstić information content (AvgIpc) is 2.94. The Morgan fingerprint density at radius 1 is 0.842 bits per heavy atom. The number of anilines is 1. The van der Waals surface area contributed by atoms with Gasteiger partial charge in [-0.15, -0.1) is 0 Å². The molecule has 2 aromatic carbocycles. The topological polar surface area (TPSA) is 49.0 Å². The molecule has 0 saturated heterocycles. The summed E-state index contributed by atoms with van der Waals surface area (Å²) in [5.41, 5.74) is 0.801. The van der Waals surface area contributed by atoms with Crippen molar-refractivity contribution in [3.63, 3.8) is 0 Å². The van der Waals surface area contributed by atoms with Crippen molar-refractivity contribution in [3.8, 4) is 17.2 Å². The van der Waals surface area contributed by atoms with Crippen molar-refractivity contribution in [2.45, 2.75) is 0 Å². The van der Waals surface area contributed by atoms with Crippen LogP contribution in [0.2, 0.25) is 0 Å². The second-order valence-electron chi connectivity index (χ2n) is 4.32. The van der Waals surface area contributed by atoms with E-state index in [9.17, 15) is 0 Å². The first-order valence-corrected chi connectivity index (χ1v) is 7.79. The molecule has 2 aliphatic heterocycles. The number of benzene rings is 2. The van der Waals surface area contributed by atoms with Gasteiger partial charge in [-0.3, -0.25) is 0 Å². The van der Waals surface area contributed by atoms with E-state index in [4.69, 9.17) is 18.1 Å². The van der Waals surface area contributed by atoms with Crippen molar-refractivity contribution in [1.29, 1.82) is 0 Å². The third kappa shape index (κ3) is 1.37. The number of hydrogen-bond donors (Lipinski definition) is 1. The van der Waals surface area contributed by atoms with E-state index in [-0.39, 0.29) is 0 Å². The predicted octanol–water partition coefficient (Wildman–Crippen LogP) is 3.74. The fourth-order valence-corrected chi connectivity index (χ4v) is 4.85. The zero-order valence-electron chi connectivity index (χ0n) is 10.2. The summed E-state index contributed by atoms with van der Waals surface area (Å²) < 4.78 is 23.3. The molecule has 2 aliphatic rings. The number of fused-ring (bicyclic) bond motifs is 2. The maximum absolute atomic E-state index is 5.93. The quantitative estimate of drug-likeness (QED) is 0.805. The summed E-state index contributed by atoms with van der Waals surface area (Å²) in [4.78, 5) is 0. The molecule has 0 radical (unpaired) electrons. The van der Waals surface area contributed by atoms with Gasteiger partial charge in [0.15, 0.2) is 0 Å².